The summed E-state index contributed by atoms with van der Waals surface area (Å²) >= 11 is 0. The van der Waals surface area contributed by atoms with E-state index in [-0.39, 0.29) is 33.8 Å². The zero-order chi connectivity index (χ0) is 42.3. The van der Waals surface area contributed by atoms with Crippen molar-refractivity contribution in [1.82, 2.24) is 29.1 Å². The van der Waals surface area contributed by atoms with Crippen molar-refractivity contribution in [3.05, 3.63) is 116 Å². The second-order valence-corrected chi connectivity index (χ2v) is 16.2. The first-order valence-corrected chi connectivity index (χ1v) is 20.1. The number of hydrogen-bond acceptors (Lipinski definition) is 7. The highest BCUT2D eigenvalue weighted by Crippen LogP contribution is 2.33. The molecule has 13 nitrogen and oxygen atoms in total. The number of nitriles is 1. The van der Waals surface area contributed by atoms with Crippen LogP contribution in [0.4, 0.5) is 18.0 Å². The van der Waals surface area contributed by atoms with Crippen LogP contribution in [0.5, 0.6) is 0 Å². The van der Waals surface area contributed by atoms with Gasteiger partial charge in [-0.3, -0.25) is 9.36 Å². The molecule has 2 aromatic heterocycles. The smallest absolute Gasteiger partial charge is 0.345 e. The number of alkyl halides is 3. The number of likely N-dealkylation sites (N-methyl/N-ethyl adjacent to an activating group) is 1. The van der Waals surface area contributed by atoms with Gasteiger partial charge in [-0.25, -0.2) is 32.4 Å². The van der Waals surface area contributed by atoms with Crippen molar-refractivity contribution < 1.29 is 31.2 Å². The van der Waals surface area contributed by atoms with Gasteiger partial charge < -0.3 is 10.2 Å². The van der Waals surface area contributed by atoms with E-state index < -0.39 is 39.5 Å². The van der Waals surface area contributed by atoms with Crippen LogP contribution in [0, 0.1) is 44.9 Å². The van der Waals surface area contributed by atoms with Gasteiger partial charge in [-0.2, -0.15) is 23.5 Å². The molecule has 17 heteroatoms. The molecule has 0 bridgehead atoms. The van der Waals surface area contributed by atoms with E-state index in [0.717, 1.165) is 38.0 Å². The SMILES string of the molecule is Cc1c(CCN(C)C(=O)[C@H]2CC[C@H](NC(=O)n3c(-c4ccnn4-c4ccc(C#N)cc4)c(C)n(-c4cccc(C(F)(F)F)c4)c3=O)CC2)cc(S(N)(=O)=O)c(C)c1C. The largest absolute Gasteiger partial charge is 0.416 e. The molecule has 2 heterocycles. The molecule has 6 rings (SSSR count). The molecule has 58 heavy (non-hydrogen) atoms. The first-order chi connectivity index (χ1) is 27.3. The number of amides is 2. The van der Waals surface area contributed by atoms with Crippen LogP contribution in [-0.4, -0.2) is 63.8 Å². The monoisotopic (exact) mass is 816 g/mol. The number of imidazole rings is 1. The lowest BCUT2D eigenvalue weighted by atomic mass is 9.85. The van der Waals surface area contributed by atoms with Crippen LogP contribution in [0.2, 0.25) is 0 Å². The Hall–Kier alpha value is -5.99. The normalized spacial score (nSPS) is 15.9. The average Bonchev–Trinajstić information content (AvgIpc) is 3.77. The second-order valence-electron chi connectivity index (χ2n) is 14.7. The number of hydrogen-bond donors (Lipinski definition) is 2. The lowest BCUT2D eigenvalue weighted by molar-refractivity contribution is -0.137. The maximum absolute atomic E-state index is 14.2. The Morgan fingerprint density at radius 3 is 2.26 bits per heavy atom. The molecule has 0 aliphatic heterocycles. The summed E-state index contributed by atoms with van der Waals surface area (Å²) in [6.07, 6.45) is -1.06. The molecule has 2 amide bonds. The van der Waals surface area contributed by atoms with Crippen molar-refractivity contribution in [3.8, 4) is 28.8 Å². The van der Waals surface area contributed by atoms with Gasteiger partial charge in [0.2, 0.25) is 15.9 Å². The number of nitrogens with zero attached hydrogens (tertiary/aromatic N) is 6. The zero-order valence-corrected chi connectivity index (χ0v) is 33.4. The minimum atomic E-state index is -4.68. The van der Waals surface area contributed by atoms with Crippen molar-refractivity contribution in [2.75, 3.05) is 13.6 Å². The van der Waals surface area contributed by atoms with Gasteiger partial charge in [0, 0.05) is 25.6 Å². The molecule has 1 aliphatic rings. The van der Waals surface area contributed by atoms with Crippen molar-refractivity contribution in [1.29, 1.82) is 5.26 Å². The third kappa shape index (κ3) is 8.20. The first kappa shape index (κ1) is 41.6. The number of benzene rings is 3. The summed E-state index contributed by atoms with van der Waals surface area (Å²) in [7, 11) is -2.24. The molecule has 5 aromatic rings. The summed E-state index contributed by atoms with van der Waals surface area (Å²) in [5.41, 5.74) is 2.68. The summed E-state index contributed by atoms with van der Waals surface area (Å²) in [6.45, 7) is 7.33. The quantitative estimate of drug-likeness (QED) is 0.181. The van der Waals surface area contributed by atoms with E-state index in [1.54, 1.807) is 55.3 Å². The topological polar surface area (TPSA) is 178 Å². The number of halogens is 3. The third-order valence-corrected chi connectivity index (χ3v) is 12.2. The molecule has 304 valence electrons. The third-order valence-electron chi connectivity index (χ3n) is 11.1. The highest BCUT2D eigenvalue weighted by atomic mass is 32.2. The number of primary sulfonamides is 1. The number of aromatic nitrogens is 4. The van der Waals surface area contributed by atoms with E-state index in [1.165, 1.54) is 29.9 Å². The van der Waals surface area contributed by atoms with Crippen molar-refractivity contribution in [2.24, 2.45) is 11.1 Å². The molecule has 0 radical (unpaired) electrons. The summed E-state index contributed by atoms with van der Waals surface area (Å²) in [5.74, 6) is -0.412. The minimum absolute atomic E-state index is 0.0636. The lowest BCUT2D eigenvalue weighted by Crippen LogP contribution is -2.45. The number of sulfonamides is 1. The van der Waals surface area contributed by atoms with Gasteiger partial charge in [-0.1, -0.05) is 6.07 Å². The van der Waals surface area contributed by atoms with Gasteiger partial charge in [-0.15, -0.1) is 0 Å². The Kier molecular flexibility index (Phi) is 11.6. The van der Waals surface area contributed by atoms with Crippen LogP contribution in [0.25, 0.3) is 22.8 Å². The van der Waals surface area contributed by atoms with E-state index in [0.29, 0.717) is 61.2 Å². The fourth-order valence-electron chi connectivity index (χ4n) is 7.66. The Labute approximate surface area is 333 Å². The van der Waals surface area contributed by atoms with Gasteiger partial charge in [-0.05, 0) is 137 Å². The van der Waals surface area contributed by atoms with Crippen molar-refractivity contribution in [2.45, 2.75) is 76.9 Å². The predicted molar refractivity (Wildman–Crippen MR) is 210 cm³/mol. The van der Waals surface area contributed by atoms with Gasteiger partial charge in [0.15, 0.2) is 0 Å². The number of carbonyl (C=O) groups excluding carboxylic acids is 2. The van der Waals surface area contributed by atoms with Crippen molar-refractivity contribution >= 4 is 22.0 Å². The van der Waals surface area contributed by atoms with Gasteiger partial charge in [0.05, 0.1) is 51.1 Å². The zero-order valence-electron chi connectivity index (χ0n) is 32.6. The Balaban J connectivity index is 1.23. The van der Waals surface area contributed by atoms with E-state index in [2.05, 4.69) is 10.4 Å². The highest BCUT2D eigenvalue weighted by molar-refractivity contribution is 7.89. The maximum atomic E-state index is 14.2. The van der Waals surface area contributed by atoms with Crippen LogP contribution in [0.15, 0.2) is 76.6 Å². The van der Waals surface area contributed by atoms with Crippen molar-refractivity contribution in [3.63, 3.8) is 0 Å². The standard InChI is InChI=1S/C41H43F3N8O5S/c1-24-25(2)30(21-36(26(24)3)58(46,56)57)18-20-49(5)38(53)29-11-13-32(14-12-29)48-39(54)51-37(35-17-19-47-52(35)33-15-9-28(23-45)10-16-33)27(4)50(40(51)55)34-8-6-7-31(22-34)41(42,43)44/h6-10,15-17,19,21-22,29,32H,11-14,18,20H2,1-5H3,(H,48,54)(H2,46,56,57)/t29-,32-. The van der Waals surface area contributed by atoms with Crippen LogP contribution in [0.1, 0.15) is 64.8 Å². The number of carbonyl (C=O) groups is 2. The molecule has 1 aliphatic carbocycles. The molecule has 0 saturated heterocycles. The molecule has 0 atom stereocenters. The van der Waals surface area contributed by atoms with Gasteiger partial charge in [0.25, 0.3) is 0 Å². The summed E-state index contributed by atoms with van der Waals surface area (Å²) in [5, 5.41) is 22.1. The van der Waals surface area contributed by atoms with Crippen LogP contribution >= 0.6 is 0 Å². The molecular formula is C41H43F3N8O5S. The molecule has 3 aromatic carbocycles. The lowest BCUT2D eigenvalue weighted by Gasteiger charge is -2.31. The number of nitrogens with one attached hydrogen (secondary N) is 1. The second kappa shape index (κ2) is 16.1. The molecule has 0 unspecified atom stereocenters. The number of rotatable bonds is 9. The van der Waals surface area contributed by atoms with Crippen LogP contribution < -0.4 is 16.1 Å². The average molecular weight is 817 g/mol. The van der Waals surface area contributed by atoms with Gasteiger partial charge >= 0.3 is 17.9 Å². The maximum Gasteiger partial charge on any atom is 0.416 e. The summed E-state index contributed by atoms with van der Waals surface area (Å²) in [6, 6.07) is 14.7. The summed E-state index contributed by atoms with van der Waals surface area (Å²) in [4.78, 5) is 43.6. The molecule has 1 fully saturated rings. The van der Waals surface area contributed by atoms with E-state index in [1.807, 2.05) is 19.9 Å². The first-order valence-electron chi connectivity index (χ1n) is 18.6. The van der Waals surface area contributed by atoms with Gasteiger partial charge in [0.1, 0.15) is 5.69 Å². The Morgan fingerprint density at radius 1 is 0.966 bits per heavy atom. The van der Waals surface area contributed by atoms with Crippen LogP contribution in [-0.2, 0) is 27.4 Å². The fourth-order valence-corrected chi connectivity index (χ4v) is 8.54. The summed E-state index contributed by atoms with van der Waals surface area (Å²) < 4.78 is 69.1. The molecular weight excluding hydrogens is 774 g/mol. The fraction of sp³-hybridized carbons (Fsp3) is 0.341. The molecule has 1 saturated carbocycles. The number of nitrogens with two attached hydrogens (primary N) is 1. The van der Waals surface area contributed by atoms with E-state index in [4.69, 9.17) is 5.14 Å². The highest BCUT2D eigenvalue weighted by Gasteiger charge is 2.34. The van der Waals surface area contributed by atoms with E-state index >= 15 is 0 Å². The molecule has 3 N–H and O–H groups in total. The Morgan fingerprint density at radius 2 is 1.64 bits per heavy atom. The van der Waals surface area contributed by atoms with Crippen LogP contribution in [0.3, 0.4) is 0 Å². The minimum Gasteiger partial charge on any atom is -0.345 e. The molecule has 0 spiro atoms. The Bertz CT molecular complexity index is 2610. The van der Waals surface area contributed by atoms with E-state index in [9.17, 15) is 41.2 Å². The predicted octanol–water partition coefficient (Wildman–Crippen LogP) is 6.08.